The molecular weight excluding hydrogens is 464 g/mol. The Morgan fingerprint density at radius 1 is 1.22 bits per heavy atom. The third-order valence-corrected chi connectivity index (χ3v) is 7.33. The van der Waals surface area contributed by atoms with E-state index in [0.717, 1.165) is 60.7 Å². The van der Waals surface area contributed by atoms with E-state index in [9.17, 15) is 4.79 Å². The zero-order valence-corrected chi connectivity index (χ0v) is 22.3. The number of ether oxygens (including phenoxy) is 1. The molecule has 4 rings (SSSR count). The van der Waals surface area contributed by atoms with E-state index in [0.29, 0.717) is 12.0 Å². The molecule has 0 amide bonds. The first-order chi connectivity index (χ1) is 17.9. The number of methoxy groups -OCH3 is 1. The number of benzene rings is 1. The van der Waals surface area contributed by atoms with Crippen LogP contribution in [0.2, 0.25) is 0 Å². The quantitative estimate of drug-likeness (QED) is 0.249. The van der Waals surface area contributed by atoms with Crippen LogP contribution < -0.4 is 20.9 Å². The van der Waals surface area contributed by atoms with E-state index < -0.39 is 0 Å². The first kappa shape index (κ1) is 26.7. The number of carbonyl (C=O) groups is 1. The van der Waals surface area contributed by atoms with Crippen molar-refractivity contribution in [2.24, 2.45) is 11.8 Å². The fourth-order valence-corrected chi connectivity index (χ4v) is 5.24. The molecule has 3 unspecified atom stereocenters. The second kappa shape index (κ2) is 12.7. The maximum absolute atomic E-state index is 11.4. The van der Waals surface area contributed by atoms with Gasteiger partial charge in [-0.15, -0.1) is 0 Å². The largest absolute Gasteiger partial charge is 0.466 e. The van der Waals surface area contributed by atoms with Crippen molar-refractivity contribution in [2.45, 2.75) is 44.6 Å². The number of anilines is 2. The van der Waals surface area contributed by atoms with Crippen LogP contribution in [0, 0.1) is 11.8 Å². The summed E-state index contributed by atoms with van der Waals surface area (Å²) in [7, 11) is 5.44. The van der Waals surface area contributed by atoms with E-state index >= 15 is 0 Å². The van der Waals surface area contributed by atoms with Gasteiger partial charge in [-0.2, -0.15) is 4.98 Å². The summed E-state index contributed by atoms with van der Waals surface area (Å²) in [5.74, 6) is 2.19. The minimum absolute atomic E-state index is 0.199. The average molecular weight is 505 g/mol. The predicted molar refractivity (Wildman–Crippen MR) is 150 cm³/mol. The van der Waals surface area contributed by atoms with Crippen LogP contribution in [0.3, 0.4) is 0 Å². The Kier molecular flexibility index (Phi) is 9.17. The molecule has 1 aromatic heterocycles. The number of aromatic nitrogens is 2. The van der Waals surface area contributed by atoms with Gasteiger partial charge in [-0.25, -0.2) is 9.78 Å². The minimum Gasteiger partial charge on any atom is -0.466 e. The summed E-state index contributed by atoms with van der Waals surface area (Å²) >= 11 is 0. The molecule has 0 saturated heterocycles. The van der Waals surface area contributed by atoms with Gasteiger partial charge in [0, 0.05) is 56.0 Å². The molecule has 3 N–H and O–H groups in total. The maximum Gasteiger partial charge on any atom is 0.330 e. The van der Waals surface area contributed by atoms with Crippen LogP contribution in [0.25, 0.3) is 10.9 Å². The van der Waals surface area contributed by atoms with E-state index in [2.05, 4.69) is 44.3 Å². The third-order valence-electron chi connectivity index (χ3n) is 7.33. The first-order valence-corrected chi connectivity index (χ1v) is 13.2. The van der Waals surface area contributed by atoms with Crippen molar-refractivity contribution in [1.29, 1.82) is 0 Å². The average Bonchev–Trinajstić information content (AvgIpc) is 3.09. The highest BCUT2D eigenvalue weighted by Crippen LogP contribution is 2.29. The van der Waals surface area contributed by atoms with Gasteiger partial charge in [0.15, 0.2) is 0 Å². The number of hydrogen-bond donors (Lipinski definition) is 3. The Labute approximate surface area is 220 Å². The molecule has 0 spiro atoms. The van der Waals surface area contributed by atoms with Crippen LogP contribution in [-0.2, 0) is 9.53 Å². The Hall–Kier alpha value is -3.39. The summed E-state index contributed by atoms with van der Waals surface area (Å²) < 4.78 is 4.68. The zero-order valence-electron chi connectivity index (χ0n) is 22.3. The van der Waals surface area contributed by atoms with Gasteiger partial charge in [-0.3, -0.25) is 0 Å². The second-order valence-electron chi connectivity index (χ2n) is 10.2. The zero-order chi connectivity index (χ0) is 26.2. The van der Waals surface area contributed by atoms with Gasteiger partial charge in [0.2, 0.25) is 5.95 Å². The lowest BCUT2D eigenvalue weighted by molar-refractivity contribution is -0.134. The van der Waals surface area contributed by atoms with Crippen molar-refractivity contribution in [3.63, 3.8) is 0 Å². The van der Waals surface area contributed by atoms with Gasteiger partial charge in [0.1, 0.15) is 5.82 Å². The molecule has 8 nitrogen and oxygen atoms in total. The standard InChI is InChI=1S/C29H40N6O2/c1-20-24(12-8-14-27(36)37-4)22(19-31-20)18-30-17-21-9-7-10-23(16-15-21)32-29-33-26-13-6-5-11-25(26)28(34-29)35(2)3/h5-6,8,11,13-14,19,21,23-24,30-31H,1,7,9-10,12,15-18H2,2-4H3,(H,32,33,34)/b14-8+. The van der Waals surface area contributed by atoms with Gasteiger partial charge < -0.3 is 25.6 Å². The highest BCUT2D eigenvalue weighted by molar-refractivity contribution is 5.90. The lowest BCUT2D eigenvalue weighted by Crippen LogP contribution is -2.26. The summed E-state index contributed by atoms with van der Waals surface area (Å²) in [5.41, 5.74) is 3.22. The van der Waals surface area contributed by atoms with Crippen molar-refractivity contribution in [2.75, 3.05) is 44.5 Å². The minimum atomic E-state index is -0.327. The number of nitrogens with zero attached hydrogens (tertiary/aromatic N) is 3. The number of esters is 1. The van der Waals surface area contributed by atoms with Gasteiger partial charge in [-0.05, 0) is 62.3 Å². The van der Waals surface area contributed by atoms with Crippen molar-refractivity contribution in [3.05, 3.63) is 60.5 Å². The van der Waals surface area contributed by atoms with E-state index in [1.54, 1.807) is 0 Å². The Morgan fingerprint density at radius 2 is 2.05 bits per heavy atom. The van der Waals surface area contributed by atoms with Crippen LogP contribution >= 0.6 is 0 Å². The van der Waals surface area contributed by atoms with E-state index in [1.807, 2.05) is 38.5 Å². The number of rotatable bonds is 10. The van der Waals surface area contributed by atoms with Crippen LogP contribution in [0.4, 0.5) is 11.8 Å². The molecule has 2 aliphatic rings. The van der Waals surface area contributed by atoms with Crippen LogP contribution in [0.1, 0.15) is 38.5 Å². The SMILES string of the molecule is C=C1NC=C(CNCC2CCCC(Nc3nc(N(C)C)c4ccccc4n3)CC2)C1C/C=C/C(=O)OC. The first-order valence-electron chi connectivity index (χ1n) is 13.2. The van der Waals surface area contributed by atoms with E-state index in [1.165, 1.54) is 38.0 Å². The van der Waals surface area contributed by atoms with Gasteiger partial charge in [-0.1, -0.05) is 31.2 Å². The topological polar surface area (TPSA) is 91.4 Å². The number of carbonyl (C=O) groups excluding carboxylic acids is 1. The third kappa shape index (κ3) is 7.10. The summed E-state index contributed by atoms with van der Waals surface area (Å²) in [6.45, 7) is 5.94. The molecule has 1 saturated carbocycles. The fraction of sp³-hybridized carbons (Fsp3) is 0.483. The number of nitrogens with one attached hydrogen (secondary N) is 3. The molecular formula is C29H40N6O2. The number of hydrogen-bond acceptors (Lipinski definition) is 8. The predicted octanol–water partition coefficient (Wildman–Crippen LogP) is 4.38. The molecule has 0 radical (unpaired) electrons. The molecule has 1 aliphatic heterocycles. The maximum atomic E-state index is 11.4. The molecule has 1 aliphatic carbocycles. The lowest BCUT2D eigenvalue weighted by Gasteiger charge is -2.20. The Bertz CT molecular complexity index is 1160. The Morgan fingerprint density at radius 3 is 2.86 bits per heavy atom. The summed E-state index contributed by atoms with van der Waals surface area (Å²) in [6.07, 6.45) is 12.0. The normalized spacial score (nSPS) is 22.0. The molecule has 8 heteroatoms. The molecule has 0 bridgehead atoms. The van der Waals surface area contributed by atoms with E-state index in [-0.39, 0.29) is 11.9 Å². The number of allylic oxidation sites excluding steroid dienone is 2. The van der Waals surface area contributed by atoms with Gasteiger partial charge in [0.05, 0.1) is 12.6 Å². The van der Waals surface area contributed by atoms with E-state index in [4.69, 9.17) is 9.97 Å². The second-order valence-corrected chi connectivity index (χ2v) is 10.2. The molecule has 3 atom stereocenters. The summed E-state index contributed by atoms with van der Waals surface area (Å²) in [4.78, 5) is 23.0. The highest BCUT2D eigenvalue weighted by Gasteiger charge is 2.23. The van der Waals surface area contributed by atoms with Crippen molar-refractivity contribution < 1.29 is 9.53 Å². The smallest absolute Gasteiger partial charge is 0.330 e. The highest BCUT2D eigenvalue weighted by atomic mass is 16.5. The van der Waals surface area contributed by atoms with Crippen LogP contribution in [0.15, 0.2) is 60.5 Å². The number of fused-ring (bicyclic) bond motifs is 1. The Balaban J connectivity index is 1.26. The van der Waals surface area contributed by atoms with Gasteiger partial charge >= 0.3 is 5.97 Å². The van der Waals surface area contributed by atoms with Crippen molar-refractivity contribution in [3.8, 4) is 0 Å². The molecule has 1 aromatic carbocycles. The number of para-hydroxylation sites is 1. The van der Waals surface area contributed by atoms with Gasteiger partial charge in [0.25, 0.3) is 0 Å². The van der Waals surface area contributed by atoms with Crippen LogP contribution in [0.5, 0.6) is 0 Å². The van der Waals surface area contributed by atoms with Crippen molar-refractivity contribution >= 4 is 28.6 Å². The molecule has 37 heavy (non-hydrogen) atoms. The molecule has 1 fully saturated rings. The molecule has 2 heterocycles. The molecule has 198 valence electrons. The van der Waals surface area contributed by atoms with Crippen LogP contribution in [-0.4, -0.2) is 56.3 Å². The molecule has 2 aromatic rings. The fourth-order valence-electron chi connectivity index (χ4n) is 5.24. The van der Waals surface area contributed by atoms with Crippen molar-refractivity contribution in [1.82, 2.24) is 20.6 Å². The lowest BCUT2D eigenvalue weighted by atomic mass is 9.95. The monoisotopic (exact) mass is 504 g/mol. The summed E-state index contributed by atoms with van der Waals surface area (Å²) in [5, 5.41) is 11.6. The summed E-state index contributed by atoms with van der Waals surface area (Å²) in [6, 6.07) is 8.57.